The quantitative estimate of drug-likeness (QED) is 0.548. The van der Waals surface area contributed by atoms with E-state index >= 15 is 0 Å². The summed E-state index contributed by atoms with van der Waals surface area (Å²) < 4.78 is 12.5. The van der Waals surface area contributed by atoms with Crippen molar-refractivity contribution in [2.75, 3.05) is 6.79 Å². The van der Waals surface area contributed by atoms with E-state index in [4.69, 9.17) is 9.47 Å². The fourth-order valence-corrected chi connectivity index (χ4v) is 2.99. The van der Waals surface area contributed by atoms with Crippen LogP contribution in [0.5, 0.6) is 11.5 Å². The van der Waals surface area contributed by atoms with Crippen molar-refractivity contribution in [3.05, 3.63) is 76.6 Å². The summed E-state index contributed by atoms with van der Waals surface area (Å²) in [5.74, 6) is 1.12. The molecule has 0 unspecified atom stereocenters. The van der Waals surface area contributed by atoms with Crippen LogP contribution in [0.25, 0.3) is 0 Å². The Labute approximate surface area is 162 Å². The van der Waals surface area contributed by atoms with Crippen LogP contribution in [-0.2, 0) is 6.54 Å². The van der Waals surface area contributed by atoms with Gasteiger partial charge >= 0.3 is 0 Å². The van der Waals surface area contributed by atoms with Crippen molar-refractivity contribution in [1.29, 1.82) is 0 Å². The van der Waals surface area contributed by atoms with E-state index in [1.54, 1.807) is 18.3 Å². The normalized spacial score (nSPS) is 12.5. The Morgan fingerprint density at radius 3 is 2.68 bits per heavy atom. The number of amides is 1. The summed E-state index contributed by atoms with van der Waals surface area (Å²) in [7, 11) is 0. The highest BCUT2D eigenvalue weighted by Crippen LogP contribution is 2.31. The number of carbonyl (C=O) groups is 1. The highest BCUT2D eigenvalue weighted by molar-refractivity contribution is 5.94. The van der Waals surface area contributed by atoms with Gasteiger partial charge in [0, 0.05) is 11.3 Å². The topological polar surface area (TPSA) is 77.7 Å². The van der Waals surface area contributed by atoms with Gasteiger partial charge in [-0.05, 0) is 61.4 Å². The number of hydrazone groups is 1. The van der Waals surface area contributed by atoms with Crippen LogP contribution in [-0.4, -0.2) is 28.7 Å². The van der Waals surface area contributed by atoms with E-state index in [9.17, 15) is 4.79 Å². The summed E-state index contributed by atoms with van der Waals surface area (Å²) in [6, 6.07) is 14.9. The van der Waals surface area contributed by atoms with Crippen LogP contribution >= 0.6 is 0 Å². The van der Waals surface area contributed by atoms with Gasteiger partial charge in [0.15, 0.2) is 11.5 Å². The van der Waals surface area contributed by atoms with Crippen LogP contribution in [0.3, 0.4) is 0 Å². The number of ether oxygens (including phenoxy) is 2. The van der Waals surface area contributed by atoms with Gasteiger partial charge in [-0.15, -0.1) is 0 Å². The van der Waals surface area contributed by atoms with Crippen molar-refractivity contribution in [1.82, 2.24) is 15.2 Å². The first kappa shape index (κ1) is 17.8. The summed E-state index contributed by atoms with van der Waals surface area (Å²) >= 11 is 0. The lowest BCUT2D eigenvalue weighted by molar-refractivity contribution is 0.0955. The van der Waals surface area contributed by atoms with E-state index in [0.717, 1.165) is 22.5 Å². The zero-order valence-electron chi connectivity index (χ0n) is 15.7. The first-order valence-electron chi connectivity index (χ1n) is 8.91. The van der Waals surface area contributed by atoms with Crippen molar-refractivity contribution in [3.63, 3.8) is 0 Å². The molecule has 1 N–H and O–H groups in total. The van der Waals surface area contributed by atoms with Crippen LogP contribution in [0.1, 0.15) is 32.9 Å². The molecule has 1 aliphatic rings. The molecule has 0 bridgehead atoms. The van der Waals surface area contributed by atoms with Crippen LogP contribution in [0.15, 0.2) is 53.6 Å². The molecule has 0 fully saturated rings. The van der Waals surface area contributed by atoms with Gasteiger partial charge in [0.2, 0.25) is 6.79 Å². The molecule has 3 aromatic rings. The number of nitrogens with one attached hydrogen (secondary N) is 1. The number of benzene rings is 2. The van der Waals surface area contributed by atoms with Crippen molar-refractivity contribution in [2.24, 2.45) is 5.10 Å². The SMILES string of the molecule is Cc1cc(C)n(Cc2ccc(C(=O)NN=Cc3ccc4c(c3)OCO4)cc2)n1. The minimum Gasteiger partial charge on any atom is -0.454 e. The Morgan fingerprint density at radius 1 is 1.14 bits per heavy atom. The summed E-state index contributed by atoms with van der Waals surface area (Å²) in [5, 5.41) is 8.47. The van der Waals surface area contributed by atoms with Gasteiger partial charge in [-0.25, -0.2) is 5.43 Å². The molecule has 1 amide bonds. The number of hydrogen-bond donors (Lipinski definition) is 1. The summed E-state index contributed by atoms with van der Waals surface area (Å²) in [6.07, 6.45) is 1.57. The van der Waals surface area contributed by atoms with Crippen LogP contribution in [0.2, 0.25) is 0 Å². The zero-order chi connectivity index (χ0) is 19.5. The number of rotatable bonds is 5. The Bertz CT molecular complexity index is 1040. The molecule has 4 rings (SSSR count). The lowest BCUT2D eigenvalue weighted by atomic mass is 10.1. The Morgan fingerprint density at radius 2 is 1.93 bits per heavy atom. The monoisotopic (exact) mass is 376 g/mol. The summed E-state index contributed by atoms with van der Waals surface area (Å²) in [5.41, 5.74) is 7.07. The lowest BCUT2D eigenvalue weighted by Gasteiger charge is -2.06. The number of nitrogens with zero attached hydrogens (tertiary/aromatic N) is 3. The molecule has 1 aliphatic heterocycles. The number of carbonyl (C=O) groups excluding carboxylic acids is 1. The first-order chi connectivity index (χ1) is 13.6. The van der Waals surface area contributed by atoms with Gasteiger partial charge in [-0.2, -0.15) is 10.2 Å². The van der Waals surface area contributed by atoms with Crippen molar-refractivity contribution in [2.45, 2.75) is 20.4 Å². The highest BCUT2D eigenvalue weighted by Gasteiger charge is 2.12. The Hall–Kier alpha value is -3.61. The third-order valence-corrected chi connectivity index (χ3v) is 4.43. The van der Waals surface area contributed by atoms with Crippen molar-refractivity contribution >= 4 is 12.1 Å². The third kappa shape index (κ3) is 3.88. The second-order valence-electron chi connectivity index (χ2n) is 6.59. The molecular formula is C21H20N4O3. The van der Waals surface area contributed by atoms with E-state index in [2.05, 4.69) is 15.6 Å². The Kier molecular flexibility index (Phi) is 4.80. The molecular weight excluding hydrogens is 356 g/mol. The highest BCUT2D eigenvalue weighted by atomic mass is 16.7. The minimum atomic E-state index is -0.269. The molecule has 7 nitrogen and oxygen atoms in total. The van der Waals surface area contributed by atoms with Gasteiger partial charge in [0.25, 0.3) is 5.91 Å². The average Bonchev–Trinajstić information content (AvgIpc) is 3.27. The number of fused-ring (bicyclic) bond motifs is 1. The van der Waals surface area contributed by atoms with Crippen molar-refractivity contribution in [3.8, 4) is 11.5 Å². The molecule has 2 heterocycles. The molecule has 7 heteroatoms. The molecule has 0 saturated heterocycles. The standard InChI is InChI=1S/C21H20N4O3/c1-14-9-15(2)25(24-14)12-16-3-6-18(7-4-16)21(26)23-22-11-17-5-8-19-20(10-17)28-13-27-19/h3-11H,12-13H2,1-2H3,(H,23,26). The number of aryl methyl sites for hydroxylation is 2. The summed E-state index contributed by atoms with van der Waals surface area (Å²) in [4.78, 5) is 12.3. The second-order valence-corrected chi connectivity index (χ2v) is 6.59. The molecule has 1 aromatic heterocycles. The number of hydrogen-bond acceptors (Lipinski definition) is 5. The molecule has 0 atom stereocenters. The zero-order valence-corrected chi connectivity index (χ0v) is 15.7. The van der Waals surface area contributed by atoms with Gasteiger partial charge in [0.05, 0.1) is 18.5 Å². The molecule has 0 aliphatic carbocycles. The van der Waals surface area contributed by atoms with Crippen LogP contribution in [0, 0.1) is 13.8 Å². The maximum absolute atomic E-state index is 12.3. The molecule has 0 saturated carbocycles. The van der Waals surface area contributed by atoms with Gasteiger partial charge in [-0.3, -0.25) is 9.48 Å². The summed E-state index contributed by atoms with van der Waals surface area (Å²) in [6.45, 7) is 4.90. The first-order valence-corrected chi connectivity index (χ1v) is 8.91. The van der Waals surface area contributed by atoms with Crippen molar-refractivity contribution < 1.29 is 14.3 Å². The molecule has 2 aromatic carbocycles. The maximum atomic E-state index is 12.3. The Balaban J connectivity index is 1.36. The van der Waals surface area contributed by atoms with E-state index < -0.39 is 0 Å². The maximum Gasteiger partial charge on any atom is 0.271 e. The number of aromatic nitrogens is 2. The van der Waals surface area contributed by atoms with E-state index in [0.29, 0.717) is 23.6 Å². The smallest absolute Gasteiger partial charge is 0.271 e. The third-order valence-electron chi connectivity index (χ3n) is 4.43. The molecule has 28 heavy (non-hydrogen) atoms. The predicted molar refractivity (Wildman–Crippen MR) is 105 cm³/mol. The van der Waals surface area contributed by atoms with E-state index in [-0.39, 0.29) is 12.7 Å². The van der Waals surface area contributed by atoms with Gasteiger partial charge < -0.3 is 9.47 Å². The fraction of sp³-hybridized carbons (Fsp3) is 0.190. The molecule has 142 valence electrons. The van der Waals surface area contributed by atoms with E-state index in [1.165, 1.54) is 0 Å². The second kappa shape index (κ2) is 7.56. The van der Waals surface area contributed by atoms with Crippen LogP contribution < -0.4 is 14.9 Å². The predicted octanol–water partition coefficient (Wildman–Crippen LogP) is 3.04. The van der Waals surface area contributed by atoms with Gasteiger partial charge in [-0.1, -0.05) is 12.1 Å². The van der Waals surface area contributed by atoms with Gasteiger partial charge in [0.1, 0.15) is 0 Å². The van der Waals surface area contributed by atoms with E-state index in [1.807, 2.05) is 54.9 Å². The van der Waals surface area contributed by atoms with Crippen LogP contribution in [0.4, 0.5) is 0 Å². The fourth-order valence-electron chi connectivity index (χ4n) is 2.99. The molecule has 0 spiro atoms. The lowest BCUT2D eigenvalue weighted by Crippen LogP contribution is -2.17. The largest absolute Gasteiger partial charge is 0.454 e. The average molecular weight is 376 g/mol. The minimum absolute atomic E-state index is 0.224. The molecule has 0 radical (unpaired) electrons.